The number of hydrogen-bond donors (Lipinski definition) is 1. The molecule has 1 saturated carbocycles. The van der Waals surface area contributed by atoms with Gasteiger partial charge in [-0.3, -0.25) is 10.1 Å². The lowest BCUT2D eigenvalue weighted by Gasteiger charge is -2.39. The van der Waals surface area contributed by atoms with E-state index in [4.69, 9.17) is 0 Å². The Labute approximate surface area is 114 Å². The van der Waals surface area contributed by atoms with Crippen LogP contribution in [0.3, 0.4) is 0 Å². The number of nitro benzene ring substituents is 1. The molecule has 0 heterocycles. The number of hydrogen-bond acceptors (Lipinski definition) is 3. The molecule has 4 heteroatoms. The summed E-state index contributed by atoms with van der Waals surface area (Å²) in [5.74, 6) is 0. The van der Waals surface area contributed by atoms with Crippen LogP contribution < -0.4 is 5.32 Å². The molecule has 0 aliphatic heterocycles. The second-order valence-electron chi connectivity index (χ2n) is 6.07. The number of nitrogens with zero attached hydrogens (tertiary/aromatic N) is 1. The molecular weight excluding hydrogens is 240 g/mol. The van der Waals surface area contributed by atoms with Crippen molar-refractivity contribution in [2.24, 2.45) is 5.41 Å². The summed E-state index contributed by atoms with van der Waals surface area (Å²) >= 11 is 0. The molecule has 0 spiro atoms. The van der Waals surface area contributed by atoms with Crippen molar-refractivity contribution in [2.45, 2.75) is 46.1 Å². The Morgan fingerprint density at radius 2 is 2.16 bits per heavy atom. The highest BCUT2D eigenvalue weighted by atomic mass is 16.6. The average molecular weight is 262 g/mol. The Kier molecular flexibility index (Phi) is 3.90. The fraction of sp³-hybridized carbons (Fsp3) is 0.600. The van der Waals surface area contributed by atoms with E-state index in [-0.39, 0.29) is 16.7 Å². The van der Waals surface area contributed by atoms with E-state index in [1.807, 2.05) is 12.1 Å². The first-order valence-electron chi connectivity index (χ1n) is 6.90. The first-order chi connectivity index (χ1) is 8.91. The molecule has 104 valence electrons. The van der Waals surface area contributed by atoms with Crippen LogP contribution in [0.25, 0.3) is 0 Å². The van der Waals surface area contributed by atoms with E-state index in [9.17, 15) is 10.1 Å². The fourth-order valence-electron chi connectivity index (χ4n) is 2.57. The van der Waals surface area contributed by atoms with Gasteiger partial charge in [-0.1, -0.05) is 25.5 Å². The Morgan fingerprint density at radius 1 is 1.47 bits per heavy atom. The molecule has 1 aromatic carbocycles. The van der Waals surface area contributed by atoms with Gasteiger partial charge in [-0.05, 0) is 37.7 Å². The van der Waals surface area contributed by atoms with Crippen LogP contribution in [0.2, 0.25) is 0 Å². The maximum absolute atomic E-state index is 11.0. The second-order valence-corrected chi connectivity index (χ2v) is 6.07. The van der Waals surface area contributed by atoms with E-state index in [0.29, 0.717) is 11.0 Å². The van der Waals surface area contributed by atoms with Gasteiger partial charge >= 0.3 is 0 Å². The molecule has 0 saturated heterocycles. The number of nitrogens with one attached hydrogen (secondary N) is 1. The van der Waals surface area contributed by atoms with E-state index >= 15 is 0 Å². The third kappa shape index (κ3) is 3.13. The lowest BCUT2D eigenvalue weighted by Crippen LogP contribution is -2.38. The summed E-state index contributed by atoms with van der Waals surface area (Å²) in [6, 6.07) is 5.65. The average Bonchev–Trinajstić information content (AvgIpc) is 2.33. The molecule has 4 nitrogen and oxygen atoms in total. The number of aryl methyl sites for hydroxylation is 1. The molecule has 19 heavy (non-hydrogen) atoms. The van der Waals surface area contributed by atoms with Crippen LogP contribution in [0.4, 0.5) is 5.69 Å². The zero-order chi connectivity index (χ0) is 14.0. The van der Waals surface area contributed by atoms with Gasteiger partial charge in [0.25, 0.3) is 5.69 Å². The standard InChI is InChI=1S/C15H22N2O2/c1-11-5-6-13(9-14(11)17(18)19)12(2)16-10-15(3)7-4-8-15/h5-6,9,12,16H,4,7-8,10H2,1-3H3. The van der Waals surface area contributed by atoms with E-state index in [1.165, 1.54) is 19.3 Å². The van der Waals surface area contributed by atoms with Crippen molar-refractivity contribution >= 4 is 5.69 Å². The molecule has 0 amide bonds. The molecule has 0 aromatic heterocycles. The quantitative estimate of drug-likeness (QED) is 0.649. The summed E-state index contributed by atoms with van der Waals surface area (Å²) in [7, 11) is 0. The maximum atomic E-state index is 11.0. The second kappa shape index (κ2) is 5.29. The first kappa shape index (κ1) is 14.0. The van der Waals surface area contributed by atoms with Gasteiger partial charge in [0.05, 0.1) is 4.92 Å². The van der Waals surface area contributed by atoms with Crippen LogP contribution >= 0.6 is 0 Å². The van der Waals surface area contributed by atoms with Crippen molar-refractivity contribution in [3.8, 4) is 0 Å². The monoisotopic (exact) mass is 262 g/mol. The number of rotatable bonds is 5. The predicted molar refractivity (Wildman–Crippen MR) is 76.2 cm³/mol. The minimum Gasteiger partial charge on any atom is -0.310 e. The summed E-state index contributed by atoms with van der Waals surface area (Å²) in [6.07, 6.45) is 3.88. The minimum absolute atomic E-state index is 0.150. The van der Waals surface area contributed by atoms with Gasteiger partial charge in [-0.25, -0.2) is 0 Å². The highest BCUT2D eigenvalue weighted by Gasteiger charge is 2.31. The van der Waals surface area contributed by atoms with Crippen molar-refractivity contribution in [3.05, 3.63) is 39.4 Å². The Morgan fingerprint density at radius 3 is 2.68 bits per heavy atom. The lowest BCUT2D eigenvalue weighted by atomic mass is 9.70. The Bertz CT molecular complexity index is 481. The van der Waals surface area contributed by atoms with Crippen LogP contribution in [-0.2, 0) is 0 Å². The molecule has 2 rings (SSSR count). The van der Waals surface area contributed by atoms with Gasteiger partial charge in [0, 0.05) is 24.2 Å². The van der Waals surface area contributed by atoms with Crippen molar-refractivity contribution in [1.82, 2.24) is 5.32 Å². The molecule has 1 unspecified atom stereocenters. The van der Waals surface area contributed by atoms with Crippen molar-refractivity contribution in [1.29, 1.82) is 0 Å². The van der Waals surface area contributed by atoms with Crippen molar-refractivity contribution < 1.29 is 4.92 Å². The topological polar surface area (TPSA) is 55.2 Å². The molecule has 1 aromatic rings. The van der Waals surface area contributed by atoms with Gasteiger partial charge in [0.1, 0.15) is 0 Å². The van der Waals surface area contributed by atoms with Gasteiger partial charge in [0.15, 0.2) is 0 Å². The first-order valence-corrected chi connectivity index (χ1v) is 6.90. The number of benzene rings is 1. The summed E-state index contributed by atoms with van der Waals surface area (Å²) in [6.45, 7) is 7.12. The zero-order valence-corrected chi connectivity index (χ0v) is 11.9. The van der Waals surface area contributed by atoms with E-state index in [1.54, 1.807) is 13.0 Å². The van der Waals surface area contributed by atoms with Crippen LogP contribution in [0.15, 0.2) is 18.2 Å². The predicted octanol–water partition coefficient (Wildman–Crippen LogP) is 3.74. The highest BCUT2D eigenvalue weighted by Crippen LogP contribution is 2.39. The van der Waals surface area contributed by atoms with Crippen molar-refractivity contribution in [3.63, 3.8) is 0 Å². The number of nitro groups is 1. The fourth-order valence-corrected chi connectivity index (χ4v) is 2.57. The Hall–Kier alpha value is -1.42. The Balaban J connectivity index is 2.04. The molecule has 1 atom stereocenters. The van der Waals surface area contributed by atoms with Crippen LogP contribution in [-0.4, -0.2) is 11.5 Å². The smallest absolute Gasteiger partial charge is 0.272 e. The molecule has 1 fully saturated rings. The summed E-state index contributed by atoms with van der Waals surface area (Å²) in [4.78, 5) is 10.6. The van der Waals surface area contributed by atoms with Gasteiger partial charge in [-0.15, -0.1) is 0 Å². The zero-order valence-electron chi connectivity index (χ0n) is 11.9. The molecular formula is C15H22N2O2. The van der Waals surface area contributed by atoms with Gasteiger partial charge in [0.2, 0.25) is 0 Å². The summed E-state index contributed by atoms with van der Waals surface area (Å²) in [5.41, 5.74) is 2.33. The summed E-state index contributed by atoms with van der Waals surface area (Å²) in [5, 5.41) is 14.5. The van der Waals surface area contributed by atoms with Gasteiger partial charge in [-0.2, -0.15) is 0 Å². The molecule has 1 aliphatic rings. The minimum atomic E-state index is -0.307. The third-order valence-corrected chi connectivity index (χ3v) is 4.33. The largest absolute Gasteiger partial charge is 0.310 e. The molecule has 0 radical (unpaired) electrons. The third-order valence-electron chi connectivity index (χ3n) is 4.33. The van der Waals surface area contributed by atoms with Crippen LogP contribution in [0, 0.1) is 22.5 Å². The molecule has 1 N–H and O–H groups in total. The highest BCUT2D eigenvalue weighted by molar-refractivity contribution is 5.43. The van der Waals surface area contributed by atoms with Crippen LogP contribution in [0.5, 0.6) is 0 Å². The van der Waals surface area contributed by atoms with Crippen LogP contribution in [0.1, 0.15) is 50.3 Å². The van der Waals surface area contributed by atoms with E-state index in [2.05, 4.69) is 19.2 Å². The lowest BCUT2D eigenvalue weighted by molar-refractivity contribution is -0.385. The van der Waals surface area contributed by atoms with E-state index < -0.39 is 0 Å². The SMILES string of the molecule is Cc1ccc(C(C)NCC2(C)CCC2)cc1[N+](=O)[O-]. The molecule has 0 bridgehead atoms. The van der Waals surface area contributed by atoms with E-state index in [0.717, 1.165) is 12.1 Å². The maximum Gasteiger partial charge on any atom is 0.272 e. The molecule has 1 aliphatic carbocycles. The summed E-state index contributed by atoms with van der Waals surface area (Å²) < 4.78 is 0. The van der Waals surface area contributed by atoms with Gasteiger partial charge < -0.3 is 5.32 Å². The van der Waals surface area contributed by atoms with Crippen molar-refractivity contribution in [2.75, 3.05) is 6.54 Å². The normalized spacial score (nSPS) is 18.7.